The van der Waals surface area contributed by atoms with Crippen molar-refractivity contribution in [3.05, 3.63) is 34.8 Å². The van der Waals surface area contributed by atoms with Gasteiger partial charge in [0.15, 0.2) is 11.6 Å². The molecule has 1 aliphatic heterocycles. The molecule has 0 radical (unpaired) electrons. The molecule has 3 N–H and O–H groups in total. The average molecular weight is 381 g/mol. The standard InChI is InChI=1S/C15H18BrFN6/c1-22-4-6-23(7-5-22)15-13(18)14(19-9-20-15)21-12-3-2-10(16)8-11(12)17/h2-3,8-9H,4-7,18H2,1H3,(H,19,20,21). The fraction of sp³-hybridized carbons (Fsp3) is 0.333. The van der Waals surface area contributed by atoms with Gasteiger partial charge in [-0.1, -0.05) is 15.9 Å². The molecular formula is C15H18BrFN6. The zero-order chi connectivity index (χ0) is 16.4. The van der Waals surface area contributed by atoms with Crippen LogP contribution in [-0.2, 0) is 0 Å². The minimum Gasteiger partial charge on any atom is -0.393 e. The number of halogens is 2. The molecule has 1 aromatic heterocycles. The summed E-state index contributed by atoms with van der Waals surface area (Å²) in [5, 5.41) is 2.95. The van der Waals surface area contributed by atoms with Crippen LogP contribution in [0.3, 0.4) is 0 Å². The van der Waals surface area contributed by atoms with Crippen LogP contribution in [0.25, 0.3) is 0 Å². The molecule has 8 heteroatoms. The molecule has 1 aromatic carbocycles. The second-order valence-corrected chi connectivity index (χ2v) is 6.41. The lowest BCUT2D eigenvalue weighted by molar-refractivity contribution is 0.312. The Morgan fingerprint density at radius 2 is 1.96 bits per heavy atom. The number of nitrogen functional groups attached to an aromatic ring is 1. The van der Waals surface area contributed by atoms with Crippen molar-refractivity contribution in [1.29, 1.82) is 0 Å². The lowest BCUT2D eigenvalue weighted by atomic mass is 10.3. The number of nitrogens with zero attached hydrogens (tertiary/aromatic N) is 4. The van der Waals surface area contributed by atoms with Crippen molar-refractivity contribution >= 4 is 38.9 Å². The first kappa shape index (κ1) is 15.9. The van der Waals surface area contributed by atoms with Gasteiger partial charge in [-0.05, 0) is 25.2 Å². The van der Waals surface area contributed by atoms with Gasteiger partial charge in [-0.2, -0.15) is 0 Å². The largest absolute Gasteiger partial charge is 0.393 e. The number of nitrogens with two attached hydrogens (primary N) is 1. The van der Waals surface area contributed by atoms with Gasteiger partial charge in [-0.25, -0.2) is 14.4 Å². The summed E-state index contributed by atoms with van der Waals surface area (Å²) in [6.45, 7) is 3.61. The van der Waals surface area contributed by atoms with Crippen molar-refractivity contribution in [2.45, 2.75) is 0 Å². The van der Waals surface area contributed by atoms with Gasteiger partial charge in [0.25, 0.3) is 0 Å². The van der Waals surface area contributed by atoms with Crippen molar-refractivity contribution in [2.24, 2.45) is 0 Å². The van der Waals surface area contributed by atoms with Crippen molar-refractivity contribution in [1.82, 2.24) is 14.9 Å². The summed E-state index contributed by atoms with van der Waals surface area (Å²) in [7, 11) is 2.09. The molecule has 6 nitrogen and oxygen atoms in total. The Morgan fingerprint density at radius 1 is 1.22 bits per heavy atom. The van der Waals surface area contributed by atoms with E-state index >= 15 is 0 Å². The van der Waals surface area contributed by atoms with Crippen LogP contribution >= 0.6 is 15.9 Å². The first-order valence-electron chi connectivity index (χ1n) is 7.30. The van der Waals surface area contributed by atoms with Gasteiger partial charge in [0.05, 0.1) is 5.69 Å². The second kappa shape index (κ2) is 6.67. The highest BCUT2D eigenvalue weighted by molar-refractivity contribution is 9.10. The molecule has 1 aliphatic rings. The predicted molar refractivity (Wildman–Crippen MR) is 93.5 cm³/mol. The number of aromatic nitrogens is 2. The Morgan fingerprint density at radius 3 is 2.65 bits per heavy atom. The zero-order valence-corrected chi connectivity index (χ0v) is 14.3. The van der Waals surface area contributed by atoms with Gasteiger partial charge in [0.1, 0.15) is 17.8 Å². The van der Waals surface area contributed by atoms with E-state index in [-0.39, 0.29) is 5.82 Å². The molecular weight excluding hydrogens is 363 g/mol. The van der Waals surface area contributed by atoms with E-state index in [2.05, 4.69) is 48.1 Å². The monoisotopic (exact) mass is 380 g/mol. The van der Waals surface area contributed by atoms with E-state index in [0.29, 0.717) is 27.5 Å². The van der Waals surface area contributed by atoms with E-state index in [4.69, 9.17) is 5.73 Å². The smallest absolute Gasteiger partial charge is 0.159 e. The van der Waals surface area contributed by atoms with E-state index < -0.39 is 0 Å². The van der Waals surface area contributed by atoms with Gasteiger partial charge >= 0.3 is 0 Å². The third-order valence-electron chi connectivity index (χ3n) is 3.85. The molecule has 1 fully saturated rings. The maximum atomic E-state index is 14.0. The minimum absolute atomic E-state index is 0.322. The molecule has 1 saturated heterocycles. The van der Waals surface area contributed by atoms with Crippen LogP contribution in [0.15, 0.2) is 29.0 Å². The van der Waals surface area contributed by atoms with Crippen molar-refractivity contribution < 1.29 is 4.39 Å². The van der Waals surface area contributed by atoms with Crippen LogP contribution in [0.1, 0.15) is 0 Å². The highest BCUT2D eigenvalue weighted by Crippen LogP contribution is 2.30. The van der Waals surface area contributed by atoms with Crippen LogP contribution in [0.4, 0.5) is 27.4 Å². The Balaban J connectivity index is 1.85. The maximum absolute atomic E-state index is 14.0. The first-order chi connectivity index (χ1) is 11.0. The van der Waals surface area contributed by atoms with Crippen molar-refractivity contribution in [3.8, 4) is 0 Å². The summed E-state index contributed by atoms with van der Waals surface area (Å²) >= 11 is 3.24. The number of benzene rings is 1. The molecule has 0 unspecified atom stereocenters. The number of anilines is 4. The van der Waals surface area contributed by atoms with Gasteiger partial charge < -0.3 is 20.9 Å². The van der Waals surface area contributed by atoms with Crippen LogP contribution in [0.2, 0.25) is 0 Å². The molecule has 0 aliphatic carbocycles. The first-order valence-corrected chi connectivity index (χ1v) is 8.10. The maximum Gasteiger partial charge on any atom is 0.159 e. The third-order valence-corrected chi connectivity index (χ3v) is 4.34. The number of likely N-dealkylation sites (N-methyl/N-ethyl adjacent to an activating group) is 1. The van der Waals surface area contributed by atoms with E-state index in [1.807, 2.05) is 0 Å². The second-order valence-electron chi connectivity index (χ2n) is 5.50. The highest BCUT2D eigenvalue weighted by atomic mass is 79.9. The van der Waals surface area contributed by atoms with E-state index in [9.17, 15) is 4.39 Å². The summed E-state index contributed by atoms with van der Waals surface area (Å²) in [6.07, 6.45) is 1.45. The van der Waals surface area contributed by atoms with Gasteiger partial charge in [-0.15, -0.1) is 0 Å². The normalized spacial score (nSPS) is 15.7. The van der Waals surface area contributed by atoms with Gasteiger partial charge in [-0.3, -0.25) is 0 Å². The Kier molecular flexibility index (Phi) is 4.63. The minimum atomic E-state index is -0.376. The number of hydrogen-bond donors (Lipinski definition) is 2. The van der Waals surface area contributed by atoms with Crippen molar-refractivity contribution in [2.75, 3.05) is 49.2 Å². The van der Waals surface area contributed by atoms with E-state index in [0.717, 1.165) is 26.2 Å². The summed E-state index contributed by atoms with van der Waals surface area (Å²) in [5.41, 5.74) is 6.95. The van der Waals surface area contributed by atoms with Crippen molar-refractivity contribution in [3.63, 3.8) is 0 Å². The van der Waals surface area contributed by atoms with Gasteiger partial charge in [0.2, 0.25) is 0 Å². The topological polar surface area (TPSA) is 70.3 Å². The molecule has 0 amide bonds. The van der Waals surface area contributed by atoms with E-state index in [1.165, 1.54) is 12.4 Å². The Labute approximate surface area is 142 Å². The summed E-state index contributed by atoms with van der Waals surface area (Å²) in [6, 6.07) is 4.78. The van der Waals surface area contributed by atoms with Crippen LogP contribution in [0, 0.1) is 5.82 Å². The molecule has 122 valence electrons. The molecule has 0 bridgehead atoms. The number of hydrogen-bond acceptors (Lipinski definition) is 6. The van der Waals surface area contributed by atoms with Crippen LogP contribution in [0.5, 0.6) is 0 Å². The molecule has 0 saturated carbocycles. The molecule has 3 rings (SSSR count). The Bertz CT molecular complexity index is 702. The Hall–Kier alpha value is -1.93. The quantitative estimate of drug-likeness (QED) is 0.851. The molecule has 23 heavy (non-hydrogen) atoms. The van der Waals surface area contributed by atoms with Crippen LogP contribution < -0.4 is 16.0 Å². The summed E-state index contributed by atoms with van der Waals surface area (Å²) < 4.78 is 14.6. The number of nitrogens with one attached hydrogen (secondary N) is 1. The highest BCUT2D eigenvalue weighted by Gasteiger charge is 2.19. The molecule has 0 atom stereocenters. The molecule has 2 aromatic rings. The number of piperazine rings is 1. The zero-order valence-electron chi connectivity index (χ0n) is 12.8. The molecule has 0 spiro atoms. The van der Waals surface area contributed by atoms with E-state index in [1.54, 1.807) is 12.1 Å². The van der Waals surface area contributed by atoms with Crippen LogP contribution in [-0.4, -0.2) is 48.1 Å². The lowest BCUT2D eigenvalue weighted by Crippen LogP contribution is -2.45. The fourth-order valence-corrected chi connectivity index (χ4v) is 2.81. The SMILES string of the molecule is CN1CCN(c2ncnc(Nc3ccc(Br)cc3F)c2N)CC1. The molecule has 2 heterocycles. The predicted octanol–water partition coefficient (Wildman–Crippen LogP) is 2.46. The average Bonchev–Trinajstić information content (AvgIpc) is 2.53. The van der Waals surface area contributed by atoms with Gasteiger partial charge in [0, 0.05) is 30.7 Å². The summed E-state index contributed by atoms with van der Waals surface area (Å²) in [5.74, 6) is 0.724. The fourth-order valence-electron chi connectivity index (χ4n) is 2.47. The summed E-state index contributed by atoms with van der Waals surface area (Å²) in [4.78, 5) is 12.8. The lowest BCUT2D eigenvalue weighted by Gasteiger charge is -2.33. The third kappa shape index (κ3) is 3.53. The number of rotatable bonds is 3.